The average Bonchev–Trinajstić information content (AvgIpc) is 3.40. The van der Waals surface area contributed by atoms with Gasteiger partial charge in [-0.05, 0) is 48.7 Å². The molecule has 0 spiro atoms. The van der Waals surface area contributed by atoms with Crippen LogP contribution >= 0.6 is 11.6 Å². The lowest BCUT2D eigenvalue weighted by Gasteiger charge is -2.14. The molecule has 0 heterocycles. The molecule has 0 unspecified atom stereocenters. The van der Waals surface area contributed by atoms with Crippen molar-refractivity contribution in [2.75, 3.05) is 13.2 Å². The molecule has 5 nitrogen and oxygen atoms in total. The van der Waals surface area contributed by atoms with Crippen LogP contribution in [0.15, 0.2) is 53.4 Å². The summed E-state index contributed by atoms with van der Waals surface area (Å²) in [6.45, 7) is 3.79. The third kappa shape index (κ3) is 3.34. The number of rotatable bonds is 7. The number of esters is 1. The SMILES string of the molecule is CCOC(=O)[C@@]1(CN)[C@@H](c2ccc(CC)cc2)[C@@H]1S(=O)(=O)c1ccc(Cl)cc1. The van der Waals surface area contributed by atoms with Crippen LogP contribution in [0, 0.1) is 5.41 Å². The molecule has 1 fully saturated rings. The number of ether oxygens (including phenoxy) is 1. The minimum Gasteiger partial charge on any atom is -0.465 e. The number of benzene rings is 2. The molecular formula is C21H24ClNO4S. The lowest BCUT2D eigenvalue weighted by atomic mass is 9.98. The first kappa shape index (κ1) is 20.8. The van der Waals surface area contributed by atoms with E-state index in [-0.39, 0.29) is 18.0 Å². The highest BCUT2D eigenvalue weighted by atomic mass is 35.5. The first-order valence-corrected chi connectivity index (χ1v) is 11.2. The number of halogens is 1. The van der Waals surface area contributed by atoms with E-state index in [1.54, 1.807) is 6.92 Å². The molecule has 1 aliphatic carbocycles. The smallest absolute Gasteiger partial charge is 0.315 e. The molecule has 2 aromatic rings. The maximum absolute atomic E-state index is 13.4. The largest absolute Gasteiger partial charge is 0.465 e. The Morgan fingerprint density at radius 3 is 2.21 bits per heavy atom. The van der Waals surface area contributed by atoms with Crippen LogP contribution in [0.5, 0.6) is 0 Å². The van der Waals surface area contributed by atoms with Crippen LogP contribution in [0.1, 0.15) is 30.9 Å². The van der Waals surface area contributed by atoms with Crippen LogP contribution in [-0.2, 0) is 25.8 Å². The highest BCUT2D eigenvalue weighted by molar-refractivity contribution is 7.92. The van der Waals surface area contributed by atoms with Crippen LogP contribution in [0.3, 0.4) is 0 Å². The van der Waals surface area contributed by atoms with Gasteiger partial charge < -0.3 is 10.5 Å². The summed E-state index contributed by atoms with van der Waals surface area (Å²) in [6, 6.07) is 13.6. The Kier molecular flexibility index (Phi) is 5.84. The van der Waals surface area contributed by atoms with Crippen LogP contribution < -0.4 is 5.73 Å². The zero-order valence-electron chi connectivity index (χ0n) is 15.9. The Morgan fingerprint density at radius 1 is 1.11 bits per heavy atom. The Balaban J connectivity index is 2.09. The number of aryl methyl sites for hydroxylation is 1. The van der Waals surface area contributed by atoms with E-state index in [9.17, 15) is 13.2 Å². The first-order chi connectivity index (χ1) is 13.3. The highest BCUT2D eigenvalue weighted by Gasteiger charge is 2.75. The molecule has 28 heavy (non-hydrogen) atoms. The van der Waals surface area contributed by atoms with Crippen molar-refractivity contribution in [3.05, 3.63) is 64.7 Å². The molecule has 0 aromatic heterocycles. The van der Waals surface area contributed by atoms with Gasteiger partial charge in [0, 0.05) is 17.5 Å². The monoisotopic (exact) mass is 421 g/mol. The average molecular weight is 422 g/mol. The quantitative estimate of drug-likeness (QED) is 0.693. The number of carbonyl (C=O) groups is 1. The molecule has 2 aromatic carbocycles. The van der Waals surface area contributed by atoms with Gasteiger partial charge in [-0.25, -0.2) is 8.42 Å². The van der Waals surface area contributed by atoms with Gasteiger partial charge in [-0.2, -0.15) is 0 Å². The van der Waals surface area contributed by atoms with Crippen molar-refractivity contribution < 1.29 is 17.9 Å². The van der Waals surface area contributed by atoms with E-state index in [2.05, 4.69) is 0 Å². The summed E-state index contributed by atoms with van der Waals surface area (Å²) >= 11 is 5.90. The summed E-state index contributed by atoms with van der Waals surface area (Å²) < 4.78 is 32.0. The molecule has 0 bridgehead atoms. The molecule has 7 heteroatoms. The number of sulfone groups is 1. The summed E-state index contributed by atoms with van der Waals surface area (Å²) in [5.74, 6) is -1.12. The minimum atomic E-state index is -3.82. The molecule has 0 radical (unpaired) electrons. The first-order valence-electron chi connectivity index (χ1n) is 9.28. The normalized spacial score (nSPS) is 24.0. The fraction of sp³-hybridized carbons (Fsp3) is 0.381. The number of hydrogen-bond donors (Lipinski definition) is 1. The van der Waals surface area contributed by atoms with Gasteiger partial charge in [0.2, 0.25) is 0 Å². The number of nitrogens with two attached hydrogens (primary N) is 1. The van der Waals surface area contributed by atoms with Crippen LogP contribution in [0.25, 0.3) is 0 Å². The van der Waals surface area contributed by atoms with E-state index in [1.807, 2.05) is 31.2 Å². The van der Waals surface area contributed by atoms with Gasteiger partial charge in [0.05, 0.1) is 16.8 Å². The Morgan fingerprint density at radius 2 is 1.71 bits per heavy atom. The van der Waals surface area contributed by atoms with E-state index in [0.29, 0.717) is 5.02 Å². The maximum atomic E-state index is 13.4. The molecule has 1 aliphatic rings. The molecule has 0 aliphatic heterocycles. The second kappa shape index (κ2) is 7.85. The van der Waals surface area contributed by atoms with Gasteiger partial charge in [-0.1, -0.05) is 42.8 Å². The maximum Gasteiger partial charge on any atom is 0.315 e. The summed E-state index contributed by atoms with van der Waals surface area (Å²) in [6.07, 6.45) is 0.872. The Bertz CT molecular complexity index is 957. The lowest BCUT2D eigenvalue weighted by molar-refractivity contribution is -0.149. The van der Waals surface area contributed by atoms with Crippen molar-refractivity contribution in [2.45, 2.75) is 36.3 Å². The molecular weight excluding hydrogens is 398 g/mol. The van der Waals surface area contributed by atoms with Crippen molar-refractivity contribution in [3.8, 4) is 0 Å². The van der Waals surface area contributed by atoms with Gasteiger partial charge in [-0.15, -0.1) is 0 Å². The fourth-order valence-corrected chi connectivity index (χ4v) is 6.41. The van der Waals surface area contributed by atoms with E-state index in [0.717, 1.165) is 17.5 Å². The molecule has 0 amide bonds. The predicted octanol–water partition coefficient (Wildman–Crippen LogP) is 3.35. The summed E-state index contributed by atoms with van der Waals surface area (Å²) in [5, 5.41) is -0.533. The molecule has 1 saturated carbocycles. The zero-order chi connectivity index (χ0) is 20.5. The second-order valence-electron chi connectivity index (χ2n) is 6.96. The third-order valence-corrected chi connectivity index (χ3v) is 8.02. The van der Waals surface area contributed by atoms with Crippen molar-refractivity contribution >= 4 is 27.4 Å². The van der Waals surface area contributed by atoms with Crippen molar-refractivity contribution in [1.29, 1.82) is 0 Å². The molecule has 3 rings (SSSR count). The third-order valence-electron chi connectivity index (χ3n) is 5.47. The molecule has 0 saturated heterocycles. The number of hydrogen-bond acceptors (Lipinski definition) is 5. The molecule has 150 valence electrons. The number of carbonyl (C=O) groups excluding carboxylic acids is 1. The minimum absolute atomic E-state index is 0.108. The highest BCUT2D eigenvalue weighted by Crippen LogP contribution is 2.64. The van der Waals surface area contributed by atoms with E-state index < -0.39 is 32.4 Å². The van der Waals surface area contributed by atoms with Gasteiger partial charge in [0.15, 0.2) is 9.84 Å². The topological polar surface area (TPSA) is 86.5 Å². The lowest BCUT2D eigenvalue weighted by Crippen LogP contribution is -2.33. The van der Waals surface area contributed by atoms with Gasteiger partial charge in [0.1, 0.15) is 5.41 Å². The van der Waals surface area contributed by atoms with E-state index in [1.165, 1.54) is 24.3 Å². The van der Waals surface area contributed by atoms with Crippen LogP contribution in [0.4, 0.5) is 0 Å². The van der Waals surface area contributed by atoms with Gasteiger partial charge in [0.25, 0.3) is 0 Å². The van der Waals surface area contributed by atoms with Gasteiger partial charge in [-0.3, -0.25) is 4.79 Å². The van der Waals surface area contributed by atoms with Crippen molar-refractivity contribution in [2.24, 2.45) is 11.1 Å². The fourth-order valence-electron chi connectivity index (χ4n) is 3.90. The van der Waals surface area contributed by atoms with Gasteiger partial charge >= 0.3 is 5.97 Å². The predicted molar refractivity (Wildman–Crippen MR) is 109 cm³/mol. The summed E-state index contributed by atoms with van der Waals surface area (Å²) in [7, 11) is -3.82. The summed E-state index contributed by atoms with van der Waals surface area (Å²) in [4.78, 5) is 12.9. The Hall–Kier alpha value is -1.89. The van der Waals surface area contributed by atoms with Crippen LogP contribution in [0.2, 0.25) is 5.02 Å². The Labute approximate surface area is 170 Å². The molecule has 3 atom stereocenters. The summed E-state index contributed by atoms with van der Waals surface area (Å²) in [5.41, 5.74) is 6.61. The van der Waals surface area contributed by atoms with E-state index in [4.69, 9.17) is 22.1 Å². The van der Waals surface area contributed by atoms with Crippen molar-refractivity contribution in [1.82, 2.24) is 0 Å². The zero-order valence-corrected chi connectivity index (χ0v) is 17.5. The van der Waals surface area contributed by atoms with Crippen molar-refractivity contribution in [3.63, 3.8) is 0 Å². The second-order valence-corrected chi connectivity index (χ2v) is 9.46. The van der Waals surface area contributed by atoms with E-state index >= 15 is 0 Å². The standard InChI is InChI=1S/C21H24ClNO4S/c1-3-14-5-7-15(8-6-14)18-19(21(18,13-23)20(24)27-4-2)28(25,26)17-11-9-16(22)10-12-17/h5-12,18-19H,3-4,13,23H2,1-2H3/t18-,19-,21-/m0/s1. The molecule has 2 N–H and O–H groups in total. The van der Waals surface area contributed by atoms with Crippen LogP contribution in [-0.4, -0.2) is 32.8 Å².